The number of guanidine groups is 1. The van der Waals surface area contributed by atoms with Gasteiger partial charge in [-0.25, -0.2) is 9.38 Å². The summed E-state index contributed by atoms with van der Waals surface area (Å²) in [6, 6.07) is 13.3. The number of methoxy groups -OCH3 is 1. The van der Waals surface area contributed by atoms with E-state index in [1.54, 1.807) is 49.6 Å². The van der Waals surface area contributed by atoms with E-state index in [1.807, 2.05) is 13.8 Å². The third-order valence-corrected chi connectivity index (χ3v) is 4.05. The van der Waals surface area contributed by atoms with Crippen molar-refractivity contribution in [3.05, 3.63) is 59.9 Å². The molecule has 31 heavy (non-hydrogen) atoms. The van der Waals surface area contributed by atoms with Crippen molar-refractivity contribution in [2.45, 2.75) is 20.0 Å². The first-order valence-electron chi connectivity index (χ1n) is 9.89. The van der Waals surface area contributed by atoms with Crippen molar-refractivity contribution in [1.29, 1.82) is 0 Å². The molecule has 9 heteroatoms. The smallest absolute Gasteiger partial charge is 0.251 e. The third-order valence-electron chi connectivity index (χ3n) is 4.05. The van der Waals surface area contributed by atoms with Gasteiger partial charge in [0.25, 0.3) is 5.91 Å². The van der Waals surface area contributed by atoms with Gasteiger partial charge < -0.3 is 25.4 Å². The van der Waals surface area contributed by atoms with Crippen LogP contribution in [0.3, 0.4) is 0 Å². The SMILES string of the molecule is CCNC(=NCC(C)Oc1ccccc1F)NCCNC(=O)c1cccc(OC)c1.I. The second-order valence-corrected chi connectivity index (χ2v) is 6.49. The largest absolute Gasteiger partial charge is 0.497 e. The van der Waals surface area contributed by atoms with Crippen LogP contribution in [0, 0.1) is 5.82 Å². The molecule has 2 rings (SSSR count). The van der Waals surface area contributed by atoms with E-state index in [-0.39, 0.29) is 41.7 Å². The van der Waals surface area contributed by atoms with Crippen LogP contribution in [-0.4, -0.2) is 51.3 Å². The van der Waals surface area contributed by atoms with Gasteiger partial charge in [-0.15, -0.1) is 24.0 Å². The summed E-state index contributed by atoms with van der Waals surface area (Å²) in [6.45, 7) is 5.73. The summed E-state index contributed by atoms with van der Waals surface area (Å²) in [5.74, 6) is 0.860. The van der Waals surface area contributed by atoms with Crippen molar-refractivity contribution >= 4 is 35.8 Å². The topological polar surface area (TPSA) is 84.0 Å². The lowest BCUT2D eigenvalue weighted by atomic mass is 10.2. The van der Waals surface area contributed by atoms with Crippen LogP contribution >= 0.6 is 24.0 Å². The lowest BCUT2D eigenvalue weighted by molar-refractivity contribution is 0.0954. The molecule has 0 fully saturated rings. The predicted molar refractivity (Wildman–Crippen MR) is 131 cm³/mol. The van der Waals surface area contributed by atoms with Crippen molar-refractivity contribution in [3.63, 3.8) is 0 Å². The number of aliphatic imine (C=N–C) groups is 1. The molecule has 0 bridgehead atoms. The van der Waals surface area contributed by atoms with Gasteiger partial charge in [0.15, 0.2) is 17.5 Å². The number of halogens is 2. The van der Waals surface area contributed by atoms with Crippen molar-refractivity contribution in [3.8, 4) is 11.5 Å². The Morgan fingerprint density at radius 1 is 1.10 bits per heavy atom. The molecule has 170 valence electrons. The lowest BCUT2D eigenvalue weighted by Gasteiger charge is -2.15. The zero-order valence-corrected chi connectivity index (χ0v) is 20.3. The van der Waals surface area contributed by atoms with E-state index >= 15 is 0 Å². The normalized spacial score (nSPS) is 11.7. The van der Waals surface area contributed by atoms with E-state index in [1.165, 1.54) is 6.07 Å². The minimum atomic E-state index is -0.398. The van der Waals surface area contributed by atoms with Gasteiger partial charge >= 0.3 is 0 Å². The number of para-hydroxylation sites is 1. The fraction of sp³-hybridized carbons (Fsp3) is 0.364. The second-order valence-electron chi connectivity index (χ2n) is 6.49. The van der Waals surface area contributed by atoms with Crippen molar-refractivity contribution < 1.29 is 18.7 Å². The quantitative estimate of drug-likeness (QED) is 0.185. The molecule has 7 nitrogen and oxygen atoms in total. The first-order valence-corrected chi connectivity index (χ1v) is 9.89. The van der Waals surface area contributed by atoms with Crippen molar-refractivity contribution in [2.75, 3.05) is 33.3 Å². The Labute approximate surface area is 199 Å². The van der Waals surface area contributed by atoms with Gasteiger partial charge in [-0.05, 0) is 44.2 Å². The second kappa shape index (κ2) is 14.4. The van der Waals surface area contributed by atoms with E-state index in [2.05, 4.69) is 20.9 Å². The van der Waals surface area contributed by atoms with E-state index in [0.717, 1.165) is 0 Å². The molecular formula is C22H30FIN4O3. The van der Waals surface area contributed by atoms with Gasteiger partial charge in [-0.3, -0.25) is 4.79 Å². The molecule has 2 aromatic carbocycles. The Kier molecular flexibility index (Phi) is 12.3. The van der Waals surface area contributed by atoms with Crippen LogP contribution in [0.2, 0.25) is 0 Å². The van der Waals surface area contributed by atoms with Crippen LogP contribution in [0.5, 0.6) is 11.5 Å². The van der Waals surface area contributed by atoms with Gasteiger partial charge in [0.05, 0.1) is 13.7 Å². The molecular weight excluding hydrogens is 514 g/mol. The van der Waals surface area contributed by atoms with Gasteiger partial charge in [0.1, 0.15) is 11.9 Å². The summed E-state index contributed by atoms with van der Waals surface area (Å²) in [7, 11) is 1.56. The van der Waals surface area contributed by atoms with Crippen LogP contribution in [0.1, 0.15) is 24.2 Å². The number of nitrogens with zero attached hydrogens (tertiary/aromatic N) is 1. The fourth-order valence-electron chi connectivity index (χ4n) is 2.58. The number of nitrogens with one attached hydrogen (secondary N) is 3. The Morgan fingerprint density at radius 2 is 1.84 bits per heavy atom. The molecule has 0 aromatic heterocycles. The van der Waals surface area contributed by atoms with Gasteiger partial charge in [-0.1, -0.05) is 18.2 Å². The van der Waals surface area contributed by atoms with Crippen LogP contribution in [0.15, 0.2) is 53.5 Å². The predicted octanol–water partition coefficient (Wildman–Crippen LogP) is 3.20. The van der Waals surface area contributed by atoms with Gasteiger partial charge in [0, 0.05) is 25.2 Å². The molecule has 0 spiro atoms. The molecule has 0 aliphatic heterocycles. The summed E-state index contributed by atoms with van der Waals surface area (Å²) in [5, 5.41) is 9.12. The molecule has 0 aliphatic rings. The molecule has 2 aromatic rings. The third kappa shape index (κ3) is 9.41. The standard InChI is InChI=1S/C22H29FN4O3.HI/c1-4-24-22(27-15-16(2)30-20-11-6-5-10-19(20)23)26-13-12-25-21(28)17-8-7-9-18(14-17)29-3;/h5-11,14,16H,4,12-13,15H2,1-3H3,(H,25,28)(H2,24,26,27);1H. The molecule has 0 radical (unpaired) electrons. The number of carbonyl (C=O) groups excluding carboxylic acids is 1. The van der Waals surface area contributed by atoms with Crippen molar-refractivity contribution in [1.82, 2.24) is 16.0 Å². The summed E-state index contributed by atoms with van der Waals surface area (Å²) in [5.41, 5.74) is 0.536. The van der Waals surface area contributed by atoms with E-state index in [9.17, 15) is 9.18 Å². The number of hydrogen-bond acceptors (Lipinski definition) is 4. The molecule has 3 N–H and O–H groups in total. The number of hydrogen-bond donors (Lipinski definition) is 3. The Balaban J connectivity index is 0.00000480. The molecule has 1 unspecified atom stereocenters. The van der Waals surface area contributed by atoms with Crippen LogP contribution in [0.4, 0.5) is 4.39 Å². The summed E-state index contributed by atoms with van der Waals surface area (Å²) in [4.78, 5) is 16.7. The number of amides is 1. The lowest BCUT2D eigenvalue weighted by Crippen LogP contribution is -2.42. The van der Waals surface area contributed by atoms with Gasteiger partial charge in [0.2, 0.25) is 0 Å². The number of ether oxygens (including phenoxy) is 2. The summed E-state index contributed by atoms with van der Waals surface area (Å²) >= 11 is 0. The van der Waals surface area contributed by atoms with Gasteiger partial charge in [-0.2, -0.15) is 0 Å². The number of carbonyl (C=O) groups is 1. The highest BCUT2D eigenvalue weighted by Crippen LogP contribution is 2.17. The maximum atomic E-state index is 13.7. The highest BCUT2D eigenvalue weighted by molar-refractivity contribution is 14.0. The maximum Gasteiger partial charge on any atom is 0.251 e. The Morgan fingerprint density at radius 3 is 2.55 bits per heavy atom. The molecule has 0 aliphatic carbocycles. The molecule has 1 amide bonds. The van der Waals surface area contributed by atoms with Crippen molar-refractivity contribution in [2.24, 2.45) is 4.99 Å². The van der Waals surface area contributed by atoms with Crippen LogP contribution < -0.4 is 25.4 Å². The Hall–Kier alpha value is -2.56. The minimum absolute atomic E-state index is 0. The van der Waals surface area contributed by atoms with Crippen LogP contribution in [0.25, 0.3) is 0 Å². The average Bonchev–Trinajstić information content (AvgIpc) is 2.76. The minimum Gasteiger partial charge on any atom is -0.497 e. The number of rotatable bonds is 10. The molecule has 0 heterocycles. The zero-order valence-electron chi connectivity index (χ0n) is 18.0. The molecule has 1 atom stereocenters. The zero-order chi connectivity index (χ0) is 21.8. The highest BCUT2D eigenvalue weighted by Gasteiger charge is 2.09. The monoisotopic (exact) mass is 544 g/mol. The maximum absolute atomic E-state index is 13.7. The fourth-order valence-corrected chi connectivity index (χ4v) is 2.58. The first-order chi connectivity index (χ1) is 14.5. The highest BCUT2D eigenvalue weighted by atomic mass is 127. The summed E-state index contributed by atoms with van der Waals surface area (Å²) < 4.78 is 24.4. The number of benzene rings is 2. The van der Waals surface area contributed by atoms with E-state index < -0.39 is 5.82 Å². The Bertz CT molecular complexity index is 851. The molecule has 0 saturated heterocycles. The van der Waals surface area contributed by atoms with Crippen LogP contribution in [-0.2, 0) is 0 Å². The first kappa shape index (κ1) is 26.5. The van der Waals surface area contributed by atoms with E-state index in [4.69, 9.17) is 9.47 Å². The molecule has 0 saturated carbocycles. The summed E-state index contributed by atoms with van der Waals surface area (Å²) in [6.07, 6.45) is -0.301. The van der Waals surface area contributed by atoms with E-state index in [0.29, 0.717) is 43.5 Å². The average molecular weight is 544 g/mol.